The molecule has 0 spiro atoms. The molecule has 0 aromatic carbocycles. The first-order chi connectivity index (χ1) is 7.74. The van der Waals surface area contributed by atoms with Gasteiger partial charge in [-0.2, -0.15) is 0 Å². The maximum Gasteiger partial charge on any atom is 0.364 e. The van der Waals surface area contributed by atoms with Gasteiger partial charge in [0.25, 0.3) is 0 Å². The predicted molar refractivity (Wildman–Crippen MR) is 69.8 cm³/mol. The Balaban J connectivity index is 3.67. The van der Waals surface area contributed by atoms with Crippen molar-refractivity contribution in [1.82, 2.24) is 0 Å². The molecule has 0 aliphatic rings. The molecular formula is C12H28O3Si. The van der Waals surface area contributed by atoms with Gasteiger partial charge in [0.15, 0.2) is 0 Å². The summed E-state index contributed by atoms with van der Waals surface area (Å²) >= 11 is 0. The Bertz CT molecular complexity index is 149. The third kappa shape index (κ3) is 6.63. The van der Waals surface area contributed by atoms with Crippen LogP contribution in [0.2, 0.25) is 6.04 Å². The van der Waals surface area contributed by atoms with Gasteiger partial charge in [0.1, 0.15) is 0 Å². The summed E-state index contributed by atoms with van der Waals surface area (Å²) in [5, 5.41) is 0. The summed E-state index contributed by atoms with van der Waals surface area (Å²) in [5.41, 5.74) is 0. The highest BCUT2D eigenvalue weighted by Crippen LogP contribution is 2.17. The molecule has 0 unspecified atom stereocenters. The van der Waals surface area contributed by atoms with E-state index in [1.165, 1.54) is 38.5 Å². The summed E-state index contributed by atoms with van der Waals surface area (Å²) in [6.45, 7) is 2.24. The Morgan fingerprint density at radius 2 is 1.38 bits per heavy atom. The maximum absolute atomic E-state index is 5.55. The molecular weight excluding hydrogens is 220 g/mol. The Morgan fingerprint density at radius 3 is 1.88 bits per heavy atom. The molecule has 0 bridgehead atoms. The molecule has 0 aromatic rings. The minimum atomic E-state index is -2.03. The molecule has 0 aromatic heterocycles. The molecule has 0 fully saturated rings. The number of ether oxygens (including phenoxy) is 1. The lowest BCUT2D eigenvalue weighted by Gasteiger charge is -2.26. The van der Waals surface area contributed by atoms with Gasteiger partial charge < -0.3 is 13.6 Å². The molecule has 0 heterocycles. The Kier molecular flexibility index (Phi) is 10.3. The summed E-state index contributed by atoms with van der Waals surface area (Å²) in [5.74, 6) is 0. The first kappa shape index (κ1) is 16.1. The van der Waals surface area contributed by atoms with Gasteiger partial charge in [-0.1, -0.05) is 45.4 Å². The summed E-state index contributed by atoms with van der Waals surface area (Å²) in [4.78, 5) is 0. The van der Waals surface area contributed by atoms with E-state index in [4.69, 9.17) is 13.6 Å². The van der Waals surface area contributed by atoms with Crippen molar-refractivity contribution in [3.63, 3.8) is 0 Å². The smallest absolute Gasteiger partial charge is 0.364 e. The van der Waals surface area contributed by atoms with Gasteiger partial charge in [-0.05, 0) is 6.04 Å². The molecule has 4 heteroatoms. The van der Waals surface area contributed by atoms with Crippen molar-refractivity contribution in [1.29, 1.82) is 0 Å². The van der Waals surface area contributed by atoms with E-state index >= 15 is 0 Å². The molecule has 0 aliphatic heterocycles. The van der Waals surface area contributed by atoms with Crippen molar-refractivity contribution < 1.29 is 13.6 Å². The van der Waals surface area contributed by atoms with Crippen molar-refractivity contribution in [2.75, 3.05) is 27.6 Å². The van der Waals surface area contributed by atoms with E-state index in [0.717, 1.165) is 6.04 Å². The van der Waals surface area contributed by atoms with E-state index in [2.05, 4.69) is 6.92 Å². The number of hydrogen-bond acceptors (Lipinski definition) is 3. The molecule has 0 N–H and O–H groups in total. The molecule has 0 rings (SSSR count). The standard InChI is InChI=1S/C12H28O3Si/c1-5-6-7-8-9-10-11-16(14-3,15-4)12-13-2/h5-12H2,1-4H3. The Morgan fingerprint density at radius 1 is 0.812 bits per heavy atom. The zero-order chi connectivity index (χ0) is 12.3. The van der Waals surface area contributed by atoms with Crippen LogP contribution in [0.3, 0.4) is 0 Å². The van der Waals surface area contributed by atoms with E-state index in [-0.39, 0.29) is 0 Å². The molecule has 0 saturated heterocycles. The fourth-order valence-corrected chi connectivity index (χ4v) is 4.06. The summed E-state index contributed by atoms with van der Waals surface area (Å²) in [6, 6.07) is 1.04. The summed E-state index contributed by atoms with van der Waals surface area (Å²) < 4.78 is 16.3. The maximum atomic E-state index is 5.55. The number of methoxy groups -OCH3 is 1. The van der Waals surface area contributed by atoms with Crippen LogP contribution in [0.5, 0.6) is 0 Å². The van der Waals surface area contributed by atoms with Gasteiger partial charge in [0.2, 0.25) is 0 Å². The van der Waals surface area contributed by atoms with Crippen molar-refractivity contribution in [2.24, 2.45) is 0 Å². The van der Waals surface area contributed by atoms with Crippen LogP contribution in [-0.2, 0) is 13.6 Å². The van der Waals surface area contributed by atoms with E-state index < -0.39 is 8.56 Å². The highest BCUT2D eigenvalue weighted by Gasteiger charge is 2.34. The normalized spacial score (nSPS) is 12.0. The average Bonchev–Trinajstić information content (AvgIpc) is 2.32. The quantitative estimate of drug-likeness (QED) is 0.415. The molecule has 16 heavy (non-hydrogen) atoms. The lowest BCUT2D eigenvalue weighted by molar-refractivity contribution is 0.162. The van der Waals surface area contributed by atoms with Gasteiger partial charge >= 0.3 is 8.56 Å². The zero-order valence-electron chi connectivity index (χ0n) is 11.4. The van der Waals surface area contributed by atoms with E-state index in [0.29, 0.717) is 6.23 Å². The van der Waals surface area contributed by atoms with Crippen LogP contribution in [0.15, 0.2) is 0 Å². The van der Waals surface area contributed by atoms with E-state index in [9.17, 15) is 0 Å². The molecule has 3 nitrogen and oxygen atoms in total. The topological polar surface area (TPSA) is 27.7 Å². The van der Waals surface area contributed by atoms with Crippen LogP contribution < -0.4 is 0 Å². The largest absolute Gasteiger partial charge is 0.396 e. The highest BCUT2D eigenvalue weighted by molar-refractivity contribution is 6.67. The minimum Gasteiger partial charge on any atom is -0.396 e. The van der Waals surface area contributed by atoms with Gasteiger partial charge in [0.05, 0.1) is 6.23 Å². The zero-order valence-corrected chi connectivity index (χ0v) is 12.4. The lowest BCUT2D eigenvalue weighted by Crippen LogP contribution is -2.45. The van der Waals surface area contributed by atoms with Gasteiger partial charge in [-0.15, -0.1) is 0 Å². The van der Waals surface area contributed by atoms with Gasteiger partial charge in [0, 0.05) is 21.3 Å². The van der Waals surface area contributed by atoms with Crippen LogP contribution in [0.25, 0.3) is 0 Å². The number of hydrogen-bond donors (Lipinski definition) is 0. The molecule has 0 radical (unpaired) electrons. The van der Waals surface area contributed by atoms with Crippen LogP contribution in [0.4, 0.5) is 0 Å². The summed E-state index contributed by atoms with van der Waals surface area (Å²) in [6.07, 6.45) is 8.46. The average molecular weight is 248 g/mol. The Hall–Kier alpha value is 0.0969. The minimum absolute atomic E-state index is 0.634. The van der Waals surface area contributed by atoms with Gasteiger partial charge in [-0.3, -0.25) is 0 Å². The van der Waals surface area contributed by atoms with E-state index in [1.54, 1.807) is 21.3 Å². The molecule has 0 amide bonds. The highest BCUT2D eigenvalue weighted by atomic mass is 28.4. The first-order valence-corrected chi connectivity index (χ1v) is 8.57. The number of unbranched alkanes of at least 4 members (excludes halogenated alkanes) is 5. The second-order valence-electron chi connectivity index (χ2n) is 4.27. The second-order valence-corrected chi connectivity index (χ2v) is 7.70. The van der Waals surface area contributed by atoms with Crippen LogP contribution in [0, 0.1) is 0 Å². The van der Waals surface area contributed by atoms with Crippen molar-refractivity contribution in [3.8, 4) is 0 Å². The van der Waals surface area contributed by atoms with Crippen LogP contribution in [-0.4, -0.2) is 36.1 Å². The lowest BCUT2D eigenvalue weighted by atomic mass is 10.1. The molecule has 0 atom stereocenters. The Labute approximate surface area is 102 Å². The van der Waals surface area contributed by atoms with Crippen molar-refractivity contribution in [3.05, 3.63) is 0 Å². The van der Waals surface area contributed by atoms with Crippen molar-refractivity contribution in [2.45, 2.75) is 51.5 Å². The van der Waals surface area contributed by atoms with Gasteiger partial charge in [-0.25, -0.2) is 0 Å². The predicted octanol–water partition coefficient (Wildman–Crippen LogP) is 3.27. The fourth-order valence-electron chi connectivity index (χ4n) is 1.87. The molecule has 98 valence electrons. The van der Waals surface area contributed by atoms with E-state index in [1.807, 2.05) is 0 Å². The SMILES string of the molecule is CCCCCCCC[Si](COC)(OC)OC. The first-order valence-electron chi connectivity index (χ1n) is 6.34. The van der Waals surface area contributed by atoms with Crippen molar-refractivity contribution >= 4 is 8.56 Å². The molecule has 0 saturated carbocycles. The third-order valence-corrected chi connectivity index (χ3v) is 6.35. The molecule has 0 aliphatic carbocycles. The third-order valence-electron chi connectivity index (χ3n) is 3.02. The monoisotopic (exact) mass is 248 g/mol. The van der Waals surface area contributed by atoms with Crippen LogP contribution in [0.1, 0.15) is 45.4 Å². The fraction of sp³-hybridized carbons (Fsp3) is 1.00. The van der Waals surface area contributed by atoms with Crippen LogP contribution >= 0.6 is 0 Å². The summed E-state index contributed by atoms with van der Waals surface area (Å²) in [7, 11) is 3.16. The number of rotatable bonds is 11. The second kappa shape index (κ2) is 10.3.